The van der Waals surface area contributed by atoms with Crippen LogP contribution in [-0.4, -0.2) is 19.5 Å². The number of hydrogen-bond donors (Lipinski definition) is 0. The summed E-state index contributed by atoms with van der Waals surface area (Å²) in [5, 5.41) is 23.7. The Morgan fingerprint density at radius 3 is 1.51 bits per heavy atom. The van der Waals surface area contributed by atoms with Crippen molar-refractivity contribution < 1.29 is 4.42 Å². The molecule has 3 heterocycles. The van der Waals surface area contributed by atoms with E-state index < -0.39 is 0 Å². The largest absolute Gasteiger partial charge is 0.456 e. The lowest BCUT2D eigenvalue weighted by atomic mass is 9.96. The number of nitriles is 2. The molecular weight excluding hydrogens is 861 g/mol. The zero-order chi connectivity index (χ0) is 47.3. The zero-order valence-electron chi connectivity index (χ0n) is 37.0. The van der Waals surface area contributed by atoms with E-state index in [-0.39, 0.29) is 0 Å². The molecule has 0 unspecified atom stereocenters. The van der Waals surface area contributed by atoms with Crippen LogP contribution in [0.3, 0.4) is 0 Å². The van der Waals surface area contributed by atoms with Gasteiger partial charge in [0.1, 0.15) is 11.2 Å². The molecule has 322 valence electrons. The van der Waals surface area contributed by atoms with Crippen LogP contribution < -0.4 is 0 Å². The first-order valence-corrected chi connectivity index (χ1v) is 22.3. The number of nitrogens with zero attached hydrogens (tertiary/aromatic N) is 8. The maximum Gasteiger partial charge on any atom is 0.189 e. The van der Waals surface area contributed by atoms with Crippen LogP contribution >= 0.6 is 0 Å². The number of rotatable bonds is 7. The smallest absolute Gasteiger partial charge is 0.189 e. The first-order valence-electron chi connectivity index (χ1n) is 22.3. The van der Waals surface area contributed by atoms with Crippen LogP contribution in [0.5, 0.6) is 0 Å². The lowest BCUT2D eigenvalue weighted by Crippen LogP contribution is -2.04. The summed E-state index contributed by atoms with van der Waals surface area (Å²) in [5.74, 6) is 1.52. The third kappa shape index (κ3) is 7.05. The zero-order valence-corrected chi connectivity index (χ0v) is 37.0. The van der Waals surface area contributed by atoms with Crippen LogP contribution in [0.15, 0.2) is 199 Å². The van der Waals surface area contributed by atoms with E-state index in [2.05, 4.69) is 81.0 Å². The molecule has 9 heteroatoms. The highest BCUT2D eigenvalue weighted by Gasteiger charge is 2.23. The second-order valence-corrected chi connectivity index (χ2v) is 16.8. The molecule has 0 aliphatic heterocycles. The molecule has 12 rings (SSSR count). The van der Waals surface area contributed by atoms with Crippen LogP contribution in [0.25, 0.3) is 127 Å². The molecule has 0 bridgehead atoms. The highest BCUT2D eigenvalue weighted by molar-refractivity contribution is 6.14. The molecule has 0 saturated heterocycles. The third-order valence-corrected chi connectivity index (χ3v) is 12.7. The molecule has 70 heavy (non-hydrogen) atoms. The van der Waals surface area contributed by atoms with Gasteiger partial charge >= 0.3 is 0 Å². The van der Waals surface area contributed by atoms with Gasteiger partial charge in [-0.15, -0.1) is 0 Å². The quantitative estimate of drug-likeness (QED) is 0.147. The van der Waals surface area contributed by atoms with Crippen molar-refractivity contribution in [2.75, 3.05) is 0 Å². The summed E-state index contributed by atoms with van der Waals surface area (Å²) < 4.78 is 8.60. The minimum absolute atomic E-state index is 0.373. The highest BCUT2D eigenvalue weighted by Crippen LogP contribution is 2.43. The average Bonchev–Trinajstić information content (AvgIpc) is 3.98. The van der Waals surface area contributed by atoms with Crippen LogP contribution in [0, 0.1) is 35.8 Å². The summed E-state index contributed by atoms with van der Waals surface area (Å²) >= 11 is 0. The SMILES string of the molecule is [C-]#[N+]c1cc(C#N)cc(-c2ccc3c(c2)c2cc(-c4cc(C#N)cc([N+]#[C-])c4)ccc2n3-c2ccc(-c3cccc4oc5ccccc5c34)cc2-c2nc(-c3ccccc3)nc(-c3ccccc3)n2)c1. The summed E-state index contributed by atoms with van der Waals surface area (Å²) in [7, 11) is 0. The van der Waals surface area contributed by atoms with Gasteiger partial charge in [-0.3, -0.25) is 0 Å². The van der Waals surface area contributed by atoms with E-state index in [4.69, 9.17) is 32.5 Å². The molecule has 0 amide bonds. The van der Waals surface area contributed by atoms with Crippen molar-refractivity contribution >= 4 is 55.1 Å². The van der Waals surface area contributed by atoms with Crippen LogP contribution in [-0.2, 0) is 0 Å². The summed E-state index contributed by atoms with van der Waals surface area (Å²) in [4.78, 5) is 23.0. The molecule has 9 nitrogen and oxygen atoms in total. The molecule has 0 N–H and O–H groups in total. The summed E-state index contributed by atoms with van der Waals surface area (Å²) in [5.41, 5.74) is 13.2. The minimum atomic E-state index is 0.373. The van der Waals surface area contributed by atoms with E-state index in [1.165, 1.54) is 0 Å². The predicted octanol–water partition coefficient (Wildman–Crippen LogP) is 15.7. The molecule has 0 spiro atoms. The van der Waals surface area contributed by atoms with Crippen molar-refractivity contribution in [3.05, 3.63) is 228 Å². The Hall–Kier alpha value is -10.5. The Morgan fingerprint density at radius 1 is 0.414 bits per heavy atom. The van der Waals surface area contributed by atoms with Gasteiger partial charge in [-0.1, -0.05) is 109 Å². The number of aromatic nitrogens is 4. The predicted molar refractivity (Wildman–Crippen MR) is 276 cm³/mol. The Balaban J connectivity index is 1.17. The Morgan fingerprint density at radius 2 is 0.943 bits per heavy atom. The molecule has 12 aromatic rings. The maximum absolute atomic E-state index is 9.94. The molecule has 0 fully saturated rings. The summed E-state index contributed by atoms with van der Waals surface area (Å²) in [6.45, 7) is 15.6. The van der Waals surface area contributed by atoms with Crippen LogP contribution in [0.2, 0.25) is 0 Å². The van der Waals surface area contributed by atoms with Crippen molar-refractivity contribution in [3.63, 3.8) is 0 Å². The van der Waals surface area contributed by atoms with E-state index in [0.717, 1.165) is 99.5 Å². The molecule has 3 aromatic heterocycles. The minimum Gasteiger partial charge on any atom is -0.456 e. The maximum atomic E-state index is 9.94. The van der Waals surface area contributed by atoms with E-state index in [0.29, 0.717) is 40.0 Å². The molecule has 9 aromatic carbocycles. The van der Waals surface area contributed by atoms with Gasteiger partial charge in [0.25, 0.3) is 0 Å². The van der Waals surface area contributed by atoms with Gasteiger partial charge in [0.2, 0.25) is 0 Å². The second kappa shape index (κ2) is 16.8. The lowest BCUT2D eigenvalue weighted by molar-refractivity contribution is 0.669. The van der Waals surface area contributed by atoms with Crippen molar-refractivity contribution in [3.8, 4) is 85.4 Å². The van der Waals surface area contributed by atoms with Crippen molar-refractivity contribution in [2.24, 2.45) is 0 Å². The first-order chi connectivity index (χ1) is 34.5. The summed E-state index contributed by atoms with van der Waals surface area (Å²) in [6, 6.07) is 67.6. The van der Waals surface area contributed by atoms with Crippen molar-refractivity contribution in [2.45, 2.75) is 0 Å². The fraction of sp³-hybridized carbons (Fsp3) is 0. The number of furan rings is 1. The van der Waals surface area contributed by atoms with Gasteiger partial charge < -0.3 is 8.98 Å². The first kappa shape index (κ1) is 41.0. The Labute approximate surface area is 401 Å². The molecule has 0 aliphatic carbocycles. The van der Waals surface area contributed by atoms with Gasteiger partial charge in [-0.05, 0) is 118 Å². The number of fused-ring (bicyclic) bond motifs is 6. The summed E-state index contributed by atoms with van der Waals surface area (Å²) in [6.07, 6.45) is 0. The average molecular weight is 893 g/mol. The number of benzene rings is 9. The molecule has 0 atom stereocenters. The van der Waals surface area contributed by atoms with E-state index in [9.17, 15) is 10.5 Å². The second-order valence-electron chi connectivity index (χ2n) is 16.8. The standard InChI is InChI=1S/C61H32N8O/c1-64-46-28-37(35-62)26-44(30-46)41-20-23-53-50(32-41)51-33-42(45-27-38(36-63)29-47(31-45)65-2)21-24-54(51)69(53)55-25-22-43(48-17-11-19-57-58(48)49-16-9-10-18-56(49)70-57)34-52(55)61-67-59(39-12-5-3-6-13-39)66-60(68-61)40-14-7-4-8-15-40/h3-34H. The molecule has 0 saturated carbocycles. The van der Waals surface area contributed by atoms with Gasteiger partial charge in [-0.2, -0.15) is 10.5 Å². The fourth-order valence-electron chi connectivity index (χ4n) is 9.48. The van der Waals surface area contributed by atoms with Crippen molar-refractivity contribution in [1.82, 2.24) is 19.5 Å². The van der Waals surface area contributed by atoms with Crippen LogP contribution in [0.1, 0.15) is 11.1 Å². The van der Waals surface area contributed by atoms with Gasteiger partial charge in [0.05, 0.1) is 42.0 Å². The number of para-hydroxylation sites is 1. The highest BCUT2D eigenvalue weighted by atomic mass is 16.3. The van der Waals surface area contributed by atoms with Crippen LogP contribution in [0.4, 0.5) is 11.4 Å². The number of hydrogen-bond acceptors (Lipinski definition) is 6. The Bertz CT molecular complexity index is 4040. The van der Waals surface area contributed by atoms with Gasteiger partial charge in [0.15, 0.2) is 28.8 Å². The fourth-order valence-corrected chi connectivity index (χ4v) is 9.48. The van der Waals surface area contributed by atoms with Gasteiger partial charge in [0, 0.05) is 49.4 Å². The van der Waals surface area contributed by atoms with E-state index in [1.54, 1.807) is 36.4 Å². The van der Waals surface area contributed by atoms with Gasteiger partial charge in [-0.25, -0.2) is 24.6 Å². The third-order valence-electron chi connectivity index (χ3n) is 12.7. The topological polar surface area (TPSA) is 113 Å². The molecular formula is C61H32N8O. The normalized spacial score (nSPS) is 11.1. The Kier molecular flexibility index (Phi) is 9.82. The van der Waals surface area contributed by atoms with E-state index in [1.807, 2.05) is 103 Å². The molecule has 0 radical (unpaired) electrons. The molecule has 0 aliphatic rings. The van der Waals surface area contributed by atoms with Crippen molar-refractivity contribution in [1.29, 1.82) is 10.5 Å². The monoisotopic (exact) mass is 892 g/mol. The lowest BCUT2D eigenvalue weighted by Gasteiger charge is -2.17. The van der Waals surface area contributed by atoms with E-state index >= 15 is 0 Å².